The van der Waals surface area contributed by atoms with Crippen molar-refractivity contribution < 1.29 is 4.74 Å². The lowest BCUT2D eigenvalue weighted by Crippen LogP contribution is -2.32. The highest BCUT2D eigenvalue weighted by Crippen LogP contribution is 2.22. The number of ether oxygens (including phenoxy) is 1. The molecule has 0 spiro atoms. The van der Waals surface area contributed by atoms with Gasteiger partial charge in [-0.2, -0.15) is 0 Å². The van der Waals surface area contributed by atoms with Crippen LogP contribution in [-0.2, 0) is 4.74 Å². The van der Waals surface area contributed by atoms with Gasteiger partial charge in [0.2, 0.25) is 0 Å². The van der Waals surface area contributed by atoms with Crippen molar-refractivity contribution in [1.29, 1.82) is 0 Å². The summed E-state index contributed by atoms with van der Waals surface area (Å²) in [5.41, 5.74) is 0. The molecule has 0 aliphatic carbocycles. The van der Waals surface area contributed by atoms with Gasteiger partial charge in [-0.15, -0.1) is 6.42 Å². The summed E-state index contributed by atoms with van der Waals surface area (Å²) in [7, 11) is 2.07. The molecule has 2 nitrogen and oxygen atoms in total. The Kier molecular flexibility index (Phi) is 3.77. The quantitative estimate of drug-likeness (QED) is 0.610. The van der Waals surface area contributed by atoms with Gasteiger partial charge in [0.1, 0.15) is 0 Å². The molecule has 1 fully saturated rings. The van der Waals surface area contributed by atoms with Crippen LogP contribution in [0.25, 0.3) is 0 Å². The molecule has 0 aromatic rings. The van der Waals surface area contributed by atoms with Crippen molar-refractivity contribution >= 4 is 0 Å². The Hall–Kier alpha value is -0.520. The number of nitrogens with zero attached hydrogens (tertiary/aromatic N) is 1. The summed E-state index contributed by atoms with van der Waals surface area (Å²) in [5.74, 6) is 3.27. The maximum Gasteiger partial charge on any atom is 0.0626 e. The predicted molar refractivity (Wildman–Crippen MR) is 54.4 cm³/mol. The monoisotopic (exact) mass is 181 g/mol. The van der Waals surface area contributed by atoms with Crippen LogP contribution in [0.2, 0.25) is 0 Å². The van der Waals surface area contributed by atoms with Crippen LogP contribution in [-0.4, -0.2) is 37.2 Å². The number of likely N-dealkylation sites (N-methyl/N-ethyl adjacent to an activating group) is 1. The highest BCUT2D eigenvalue weighted by Gasteiger charge is 2.29. The van der Waals surface area contributed by atoms with Gasteiger partial charge < -0.3 is 4.74 Å². The van der Waals surface area contributed by atoms with E-state index in [9.17, 15) is 0 Å². The molecule has 1 heterocycles. The van der Waals surface area contributed by atoms with Crippen molar-refractivity contribution in [2.45, 2.75) is 32.4 Å². The third-order valence-electron chi connectivity index (χ3n) is 2.71. The second kappa shape index (κ2) is 4.64. The fraction of sp³-hybridized carbons (Fsp3) is 0.818. The second-order valence-electron chi connectivity index (χ2n) is 4.12. The van der Waals surface area contributed by atoms with E-state index in [0.717, 1.165) is 19.6 Å². The van der Waals surface area contributed by atoms with Gasteiger partial charge in [-0.1, -0.05) is 19.8 Å². The van der Waals surface area contributed by atoms with Crippen molar-refractivity contribution in [2.75, 3.05) is 20.2 Å². The van der Waals surface area contributed by atoms with Gasteiger partial charge in [0.15, 0.2) is 0 Å². The maximum atomic E-state index is 5.68. The first-order valence-electron chi connectivity index (χ1n) is 4.90. The van der Waals surface area contributed by atoms with Crippen molar-refractivity contribution in [3.8, 4) is 12.3 Å². The SMILES string of the molecule is C#CCN(C)C1COC(C(C)C)C1. The summed E-state index contributed by atoms with van der Waals surface area (Å²) in [5, 5.41) is 0. The molecule has 0 aromatic carbocycles. The van der Waals surface area contributed by atoms with E-state index < -0.39 is 0 Å². The standard InChI is InChI=1S/C11H19NO/c1-5-6-12(4)10-7-11(9(2)3)13-8-10/h1,9-11H,6-8H2,2-4H3. The highest BCUT2D eigenvalue weighted by molar-refractivity contribution is 4.91. The minimum Gasteiger partial charge on any atom is -0.376 e. The van der Waals surface area contributed by atoms with E-state index in [0.29, 0.717) is 18.1 Å². The molecule has 1 aliphatic rings. The molecule has 0 amide bonds. The fourth-order valence-electron chi connectivity index (χ4n) is 1.68. The Labute approximate surface area is 81.3 Å². The van der Waals surface area contributed by atoms with E-state index in [1.54, 1.807) is 0 Å². The average molecular weight is 181 g/mol. The lowest BCUT2D eigenvalue weighted by molar-refractivity contribution is 0.0707. The van der Waals surface area contributed by atoms with Gasteiger partial charge in [0, 0.05) is 6.04 Å². The zero-order valence-corrected chi connectivity index (χ0v) is 8.79. The minimum atomic E-state index is 0.422. The molecule has 13 heavy (non-hydrogen) atoms. The lowest BCUT2D eigenvalue weighted by atomic mass is 10.0. The molecule has 0 saturated carbocycles. The lowest BCUT2D eigenvalue weighted by Gasteiger charge is -2.20. The first kappa shape index (κ1) is 10.6. The van der Waals surface area contributed by atoms with Crippen LogP contribution in [0.3, 0.4) is 0 Å². The van der Waals surface area contributed by atoms with E-state index in [1.165, 1.54) is 0 Å². The Bertz CT molecular complexity index is 195. The minimum absolute atomic E-state index is 0.422. The van der Waals surface area contributed by atoms with E-state index in [-0.39, 0.29) is 0 Å². The zero-order chi connectivity index (χ0) is 9.84. The molecule has 1 saturated heterocycles. The molecule has 0 radical (unpaired) electrons. The van der Waals surface area contributed by atoms with Crippen LogP contribution in [0.5, 0.6) is 0 Å². The molecular weight excluding hydrogens is 162 g/mol. The van der Waals surface area contributed by atoms with Crippen molar-refractivity contribution in [1.82, 2.24) is 4.90 Å². The average Bonchev–Trinajstić information content (AvgIpc) is 2.52. The molecule has 2 heteroatoms. The van der Waals surface area contributed by atoms with Gasteiger partial charge in [-0.25, -0.2) is 0 Å². The molecule has 2 unspecified atom stereocenters. The van der Waals surface area contributed by atoms with E-state index in [2.05, 4.69) is 31.7 Å². The van der Waals surface area contributed by atoms with Crippen LogP contribution >= 0.6 is 0 Å². The van der Waals surface area contributed by atoms with Crippen molar-refractivity contribution in [3.05, 3.63) is 0 Å². The van der Waals surface area contributed by atoms with Crippen LogP contribution in [0.15, 0.2) is 0 Å². The van der Waals surface area contributed by atoms with Crippen LogP contribution < -0.4 is 0 Å². The summed E-state index contributed by atoms with van der Waals surface area (Å²) in [6.45, 7) is 5.96. The Morgan fingerprint density at radius 2 is 2.31 bits per heavy atom. The van der Waals surface area contributed by atoms with Crippen molar-refractivity contribution in [3.63, 3.8) is 0 Å². The molecule has 74 valence electrons. The summed E-state index contributed by atoms with van der Waals surface area (Å²) in [4.78, 5) is 2.20. The Morgan fingerprint density at radius 3 is 2.77 bits per heavy atom. The molecule has 1 rings (SSSR count). The smallest absolute Gasteiger partial charge is 0.0626 e. The molecule has 0 aromatic heterocycles. The summed E-state index contributed by atoms with van der Waals surface area (Å²) < 4.78 is 5.68. The van der Waals surface area contributed by atoms with Gasteiger partial charge in [-0.3, -0.25) is 4.90 Å². The fourth-order valence-corrected chi connectivity index (χ4v) is 1.68. The molecule has 1 aliphatic heterocycles. The van der Waals surface area contributed by atoms with Crippen LogP contribution in [0.1, 0.15) is 20.3 Å². The Balaban J connectivity index is 2.37. The molecular formula is C11H19NO. The Morgan fingerprint density at radius 1 is 1.62 bits per heavy atom. The number of rotatable bonds is 3. The third kappa shape index (κ3) is 2.72. The first-order valence-corrected chi connectivity index (χ1v) is 4.90. The maximum absolute atomic E-state index is 5.68. The highest BCUT2D eigenvalue weighted by atomic mass is 16.5. The number of hydrogen-bond donors (Lipinski definition) is 0. The summed E-state index contributed by atoms with van der Waals surface area (Å²) in [6.07, 6.45) is 6.80. The van der Waals surface area contributed by atoms with Crippen LogP contribution in [0.4, 0.5) is 0 Å². The second-order valence-corrected chi connectivity index (χ2v) is 4.12. The topological polar surface area (TPSA) is 12.5 Å². The van der Waals surface area contributed by atoms with Crippen LogP contribution in [0, 0.1) is 18.3 Å². The summed E-state index contributed by atoms with van der Waals surface area (Å²) >= 11 is 0. The first-order chi connectivity index (χ1) is 6.15. The molecule has 2 atom stereocenters. The van der Waals surface area contributed by atoms with Gasteiger partial charge in [-0.05, 0) is 19.4 Å². The van der Waals surface area contributed by atoms with E-state index in [1.807, 2.05) is 0 Å². The predicted octanol–water partition coefficient (Wildman–Crippen LogP) is 1.36. The van der Waals surface area contributed by atoms with E-state index in [4.69, 9.17) is 11.2 Å². The number of terminal acetylenes is 1. The van der Waals surface area contributed by atoms with Gasteiger partial charge in [0.05, 0.1) is 19.3 Å². The molecule has 0 bridgehead atoms. The largest absolute Gasteiger partial charge is 0.376 e. The third-order valence-corrected chi connectivity index (χ3v) is 2.71. The summed E-state index contributed by atoms with van der Waals surface area (Å²) in [6, 6.07) is 0.517. The normalized spacial score (nSPS) is 28.3. The zero-order valence-electron chi connectivity index (χ0n) is 8.79. The molecule has 0 N–H and O–H groups in total. The number of hydrogen-bond acceptors (Lipinski definition) is 2. The van der Waals surface area contributed by atoms with Gasteiger partial charge >= 0.3 is 0 Å². The van der Waals surface area contributed by atoms with E-state index >= 15 is 0 Å². The van der Waals surface area contributed by atoms with Gasteiger partial charge in [0.25, 0.3) is 0 Å². The van der Waals surface area contributed by atoms with Crippen molar-refractivity contribution in [2.24, 2.45) is 5.92 Å².